The minimum atomic E-state index is -2.80. The summed E-state index contributed by atoms with van der Waals surface area (Å²) in [5, 5.41) is 13.5. The van der Waals surface area contributed by atoms with Crippen LogP contribution in [0.15, 0.2) is 53.6 Å². The van der Waals surface area contributed by atoms with Crippen LogP contribution in [0.2, 0.25) is 0 Å². The molecule has 4 rings (SSSR count). The molecule has 1 heterocycles. The highest BCUT2D eigenvalue weighted by atomic mass is 31.2. The van der Waals surface area contributed by atoms with Gasteiger partial charge in [-0.05, 0) is 98.9 Å². The van der Waals surface area contributed by atoms with Crippen LogP contribution >= 0.6 is 7.60 Å². The van der Waals surface area contributed by atoms with E-state index >= 15 is 0 Å². The lowest BCUT2D eigenvalue weighted by atomic mass is 9.90. The van der Waals surface area contributed by atoms with Gasteiger partial charge in [-0.25, -0.2) is 0 Å². The summed E-state index contributed by atoms with van der Waals surface area (Å²) < 4.78 is 22.3. The summed E-state index contributed by atoms with van der Waals surface area (Å²) in [6.07, 6.45) is 11.3. The Balaban J connectivity index is 0.000000239. The average molecular weight is 554 g/mol. The number of phenolic OH excluding ortho intramolecular Hbond substituents is 1. The van der Waals surface area contributed by atoms with Crippen LogP contribution < -0.4 is 5.32 Å². The largest absolute Gasteiger partial charge is 0.508 e. The van der Waals surface area contributed by atoms with Crippen molar-refractivity contribution in [2.45, 2.75) is 91.7 Å². The van der Waals surface area contributed by atoms with Crippen molar-refractivity contribution in [1.29, 1.82) is 0 Å². The number of benzene rings is 2. The third kappa shape index (κ3) is 8.66. The SMILES string of the molecule is CC1=CC([C@@H]2CCOP(C)(=O)O2)=CCC1.CCc1cc(C)c(Cc2ccc(O)c(C(CC)NC)c2)c(CC)c1. The molecule has 1 fully saturated rings. The molecule has 0 amide bonds. The van der Waals surface area contributed by atoms with Crippen LogP contribution in [0, 0.1) is 6.92 Å². The first-order valence-corrected chi connectivity index (χ1v) is 16.5. The van der Waals surface area contributed by atoms with Crippen molar-refractivity contribution >= 4 is 7.60 Å². The Hall–Kier alpha value is -2.17. The highest BCUT2D eigenvalue weighted by Gasteiger charge is 2.30. The third-order valence-corrected chi connectivity index (χ3v) is 9.04. The first-order valence-electron chi connectivity index (χ1n) is 14.5. The number of aryl methyl sites for hydroxylation is 3. The molecule has 0 spiro atoms. The second kappa shape index (κ2) is 14.5. The number of phenols is 1. The molecule has 0 bridgehead atoms. The highest BCUT2D eigenvalue weighted by Crippen LogP contribution is 2.50. The maximum absolute atomic E-state index is 11.7. The fourth-order valence-electron chi connectivity index (χ4n) is 5.49. The van der Waals surface area contributed by atoms with Gasteiger partial charge in [0.25, 0.3) is 0 Å². The van der Waals surface area contributed by atoms with Gasteiger partial charge in [-0.2, -0.15) is 0 Å². The van der Waals surface area contributed by atoms with Gasteiger partial charge < -0.3 is 19.5 Å². The Morgan fingerprint density at radius 3 is 2.49 bits per heavy atom. The van der Waals surface area contributed by atoms with Crippen molar-refractivity contribution in [1.82, 2.24) is 5.32 Å². The van der Waals surface area contributed by atoms with E-state index in [9.17, 15) is 9.67 Å². The molecule has 214 valence electrons. The van der Waals surface area contributed by atoms with Crippen molar-refractivity contribution in [3.63, 3.8) is 0 Å². The van der Waals surface area contributed by atoms with Crippen LogP contribution in [0.1, 0.15) is 92.8 Å². The van der Waals surface area contributed by atoms with Gasteiger partial charge in [-0.3, -0.25) is 4.57 Å². The van der Waals surface area contributed by atoms with Gasteiger partial charge in [0.1, 0.15) is 5.75 Å². The predicted molar refractivity (Wildman–Crippen MR) is 163 cm³/mol. The number of allylic oxidation sites excluding steroid dienone is 2. The number of nitrogens with one attached hydrogen (secondary N) is 1. The normalized spacial score (nSPS) is 21.9. The molecule has 2 unspecified atom stereocenters. The van der Waals surface area contributed by atoms with Crippen LogP contribution in [-0.2, 0) is 32.9 Å². The maximum Gasteiger partial charge on any atom is 0.328 e. The van der Waals surface area contributed by atoms with E-state index in [0.717, 1.165) is 50.5 Å². The van der Waals surface area contributed by atoms with Crippen LogP contribution in [-0.4, -0.2) is 31.5 Å². The van der Waals surface area contributed by atoms with Gasteiger partial charge in [-0.1, -0.05) is 62.8 Å². The monoisotopic (exact) mass is 553 g/mol. The number of hydrogen-bond acceptors (Lipinski definition) is 5. The molecule has 2 aromatic carbocycles. The lowest BCUT2D eigenvalue weighted by Crippen LogP contribution is -2.22. The molecule has 0 radical (unpaired) electrons. The summed E-state index contributed by atoms with van der Waals surface area (Å²) in [6, 6.07) is 10.9. The number of rotatable bonds is 8. The van der Waals surface area contributed by atoms with E-state index in [1.807, 2.05) is 19.2 Å². The fraction of sp³-hybridized carbons (Fsp3) is 0.515. The van der Waals surface area contributed by atoms with Gasteiger partial charge in [0, 0.05) is 24.7 Å². The first-order chi connectivity index (χ1) is 18.6. The quantitative estimate of drug-likeness (QED) is 0.322. The molecule has 1 aliphatic heterocycles. The van der Waals surface area contributed by atoms with Crippen molar-refractivity contribution in [2.24, 2.45) is 0 Å². The van der Waals surface area contributed by atoms with Crippen LogP contribution in [0.25, 0.3) is 0 Å². The van der Waals surface area contributed by atoms with E-state index < -0.39 is 7.60 Å². The molecule has 39 heavy (non-hydrogen) atoms. The van der Waals surface area contributed by atoms with E-state index in [4.69, 9.17) is 9.05 Å². The molecule has 1 aliphatic carbocycles. The Morgan fingerprint density at radius 1 is 1.10 bits per heavy atom. The lowest BCUT2D eigenvalue weighted by molar-refractivity contribution is 0.106. The molecule has 2 aliphatic rings. The molecule has 1 saturated heterocycles. The van der Waals surface area contributed by atoms with Crippen LogP contribution in [0.3, 0.4) is 0 Å². The molecule has 5 nitrogen and oxygen atoms in total. The number of hydrogen-bond donors (Lipinski definition) is 2. The lowest BCUT2D eigenvalue weighted by Gasteiger charge is -2.29. The van der Waals surface area contributed by atoms with Gasteiger partial charge >= 0.3 is 7.60 Å². The van der Waals surface area contributed by atoms with Gasteiger partial charge in [0.2, 0.25) is 0 Å². The van der Waals surface area contributed by atoms with Crippen molar-refractivity contribution in [3.05, 3.63) is 87.0 Å². The van der Waals surface area contributed by atoms with Crippen molar-refractivity contribution in [3.8, 4) is 5.75 Å². The Morgan fingerprint density at radius 2 is 1.87 bits per heavy atom. The van der Waals surface area contributed by atoms with Crippen LogP contribution in [0.5, 0.6) is 5.75 Å². The Kier molecular flexibility index (Phi) is 11.6. The minimum Gasteiger partial charge on any atom is -0.508 e. The van der Waals surface area contributed by atoms with Gasteiger partial charge in [-0.15, -0.1) is 0 Å². The van der Waals surface area contributed by atoms with Crippen molar-refractivity contribution < 1.29 is 18.7 Å². The standard InChI is InChI=1S/C22H31NO.C11H17O3P/c1-6-16-11-15(4)19(18(7-2)12-16)13-17-9-10-22(24)20(14-17)21(8-3)23-5;1-9-4-3-5-10(8-9)11-6-7-13-15(2,12)14-11/h9-12,14,21,23-24H,6-8,13H2,1-5H3;5,8,11H,3-4,6-7H2,1-2H3/t;11-,15?/m.0/s1. The molecule has 2 aromatic rings. The summed E-state index contributed by atoms with van der Waals surface area (Å²) in [4.78, 5) is 0. The molecule has 0 saturated carbocycles. The summed E-state index contributed by atoms with van der Waals surface area (Å²) in [5.41, 5.74) is 10.5. The molecule has 2 N–H and O–H groups in total. The zero-order valence-corrected chi connectivity index (χ0v) is 25.9. The molecule has 6 heteroatoms. The van der Waals surface area contributed by atoms with Crippen LogP contribution in [0.4, 0.5) is 0 Å². The van der Waals surface area contributed by atoms with E-state index in [0.29, 0.717) is 12.4 Å². The second-order valence-electron chi connectivity index (χ2n) is 10.8. The smallest absolute Gasteiger partial charge is 0.328 e. The number of aromatic hydroxyl groups is 1. The molecular formula is C33H48NO4P. The maximum atomic E-state index is 11.7. The van der Waals surface area contributed by atoms with E-state index in [2.05, 4.69) is 70.3 Å². The summed E-state index contributed by atoms with van der Waals surface area (Å²) in [5.74, 6) is 0.383. The average Bonchev–Trinajstić information content (AvgIpc) is 2.91. The fourth-order valence-corrected chi connectivity index (χ4v) is 6.68. The predicted octanol–water partition coefficient (Wildman–Crippen LogP) is 8.37. The Bertz CT molecular complexity index is 1230. The molecular weight excluding hydrogens is 505 g/mol. The van der Waals surface area contributed by atoms with E-state index in [-0.39, 0.29) is 12.1 Å². The van der Waals surface area contributed by atoms with Gasteiger partial charge in [0.05, 0.1) is 12.7 Å². The van der Waals surface area contributed by atoms with Crippen molar-refractivity contribution in [2.75, 3.05) is 20.3 Å². The third-order valence-electron chi connectivity index (χ3n) is 7.75. The van der Waals surface area contributed by atoms with Gasteiger partial charge in [0.15, 0.2) is 0 Å². The zero-order valence-electron chi connectivity index (χ0n) is 25.0. The summed E-state index contributed by atoms with van der Waals surface area (Å²) >= 11 is 0. The highest BCUT2D eigenvalue weighted by molar-refractivity contribution is 7.53. The van der Waals surface area contributed by atoms with E-state index in [1.165, 1.54) is 39.0 Å². The summed E-state index contributed by atoms with van der Waals surface area (Å²) in [6.45, 7) is 13.0. The molecule has 0 aromatic heterocycles. The first kappa shape index (κ1) is 31.4. The second-order valence-corrected chi connectivity index (χ2v) is 12.8. The van der Waals surface area contributed by atoms with E-state index in [1.54, 1.807) is 6.66 Å². The molecule has 3 atom stereocenters. The topological polar surface area (TPSA) is 67.8 Å². The Labute approximate surface area is 236 Å². The zero-order chi connectivity index (χ0) is 28.6. The summed E-state index contributed by atoms with van der Waals surface area (Å²) in [7, 11) is -0.852. The minimum absolute atomic E-state index is 0.0372.